The van der Waals surface area contributed by atoms with Crippen LogP contribution in [-0.2, 0) is 0 Å². The molecule has 10 heavy (non-hydrogen) atoms. The summed E-state index contributed by atoms with van der Waals surface area (Å²) in [5.41, 5.74) is 0. The Bertz CT molecular complexity index is 120. The molecule has 1 saturated heterocycles. The van der Waals surface area contributed by atoms with Gasteiger partial charge in [-0.05, 0) is 14.0 Å². The van der Waals surface area contributed by atoms with E-state index in [4.69, 9.17) is 0 Å². The first-order valence-corrected chi connectivity index (χ1v) is 4.03. The zero-order valence-electron chi connectivity index (χ0n) is 7.59. The summed E-state index contributed by atoms with van der Waals surface area (Å²) in [6.07, 6.45) is 0. The molecular weight excluding hydrogens is 124 g/mol. The van der Waals surface area contributed by atoms with Crippen LogP contribution in [-0.4, -0.2) is 56.2 Å². The summed E-state index contributed by atoms with van der Waals surface area (Å²) in [6.45, 7) is 6.11. The number of hydrogen-bond donors (Lipinski definition) is 0. The summed E-state index contributed by atoms with van der Waals surface area (Å²) in [4.78, 5) is 2.41. The molecule has 0 aromatic rings. The van der Waals surface area contributed by atoms with Crippen LogP contribution in [0.5, 0.6) is 0 Å². The fourth-order valence-electron chi connectivity index (χ4n) is 1.41. The zero-order valence-corrected chi connectivity index (χ0v) is 7.59. The molecule has 0 radical (unpaired) electrons. The van der Waals surface area contributed by atoms with Crippen molar-refractivity contribution < 1.29 is 4.48 Å². The Kier molecular flexibility index (Phi) is 2.02. The van der Waals surface area contributed by atoms with Crippen LogP contribution in [0.1, 0.15) is 6.92 Å². The predicted molar refractivity (Wildman–Crippen MR) is 43.9 cm³/mol. The van der Waals surface area contributed by atoms with E-state index in [1.54, 1.807) is 0 Å². The quantitative estimate of drug-likeness (QED) is 0.444. The molecule has 1 aliphatic heterocycles. The van der Waals surface area contributed by atoms with Crippen LogP contribution in [0.15, 0.2) is 0 Å². The van der Waals surface area contributed by atoms with Crippen molar-refractivity contribution >= 4 is 0 Å². The Morgan fingerprint density at radius 1 is 1.40 bits per heavy atom. The molecule has 0 aliphatic carbocycles. The lowest BCUT2D eigenvalue weighted by Crippen LogP contribution is -2.59. The summed E-state index contributed by atoms with van der Waals surface area (Å²) in [5, 5.41) is 0. The van der Waals surface area contributed by atoms with Gasteiger partial charge in [0.05, 0.1) is 33.2 Å². The highest BCUT2D eigenvalue weighted by atomic mass is 15.4. The van der Waals surface area contributed by atoms with Gasteiger partial charge in [0.1, 0.15) is 0 Å². The molecule has 1 fully saturated rings. The molecule has 2 heteroatoms. The van der Waals surface area contributed by atoms with Gasteiger partial charge in [-0.2, -0.15) is 0 Å². The Hall–Kier alpha value is -0.0800. The number of piperazine rings is 1. The number of likely N-dealkylation sites (N-methyl/N-ethyl adjacent to an activating group) is 2. The van der Waals surface area contributed by atoms with Crippen molar-refractivity contribution in [3.8, 4) is 0 Å². The maximum Gasteiger partial charge on any atom is 0.0986 e. The van der Waals surface area contributed by atoms with Gasteiger partial charge in [-0.15, -0.1) is 0 Å². The normalized spacial score (nSPS) is 34.2. The average Bonchev–Trinajstić information content (AvgIpc) is 1.81. The zero-order chi connectivity index (χ0) is 7.78. The van der Waals surface area contributed by atoms with Crippen molar-refractivity contribution in [2.24, 2.45) is 0 Å². The van der Waals surface area contributed by atoms with Gasteiger partial charge < -0.3 is 4.48 Å². The Morgan fingerprint density at radius 2 is 2.00 bits per heavy atom. The minimum Gasteiger partial charge on any atom is -0.324 e. The molecule has 0 saturated carbocycles. The number of quaternary nitrogens is 1. The first-order valence-electron chi connectivity index (χ1n) is 4.03. The first-order chi connectivity index (χ1) is 4.52. The molecule has 0 aromatic carbocycles. The topological polar surface area (TPSA) is 3.24 Å². The van der Waals surface area contributed by atoms with Crippen molar-refractivity contribution in [1.82, 2.24) is 4.90 Å². The standard InChI is InChI=1S/C8H19N2/c1-8-7-9(2)5-6-10(8,3)4/h8H,5-7H2,1-4H3/q+1. The van der Waals surface area contributed by atoms with Crippen LogP contribution >= 0.6 is 0 Å². The monoisotopic (exact) mass is 143 g/mol. The van der Waals surface area contributed by atoms with Gasteiger partial charge in [-0.25, -0.2) is 0 Å². The second-order valence-corrected chi connectivity index (χ2v) is 4.11. The van der Waals surface area contributed by atoms with Crippen LogP contribution < -0.4 is 0 Å². The van der Waals surface area contributed by atoms with Crippen molar-refractivity contribution in [3.63, 3.8) is 0 Å². The second-order valence-electron chi connectivity index (χ2n) is 4.11. The summed E-state index contributed by atoms with van der Waals surface area (Å²) < 4.78 is 1.18. The Balaban J connectivity index is 2.52. The highest BCUT2D eigenvalue weighted by Crippen LogP contribution is 2.12. The van der Waals surface area contributed by atoms with E-state index in [1.165, 1.54) is 24.1 Å². The minimum absolute atomic E-state index is 0.791. The van der Waals surface area contributed by atoms with Gasteiger partial charge >= 0.3 is 0 Å². The molecule has 1 heterocycles. The van der Waals surface area contributed by atoms with Crippen molar-refractivity contribution in [3.05, 3.63) is 0 Å². The molecule has 0 aromatic heterocycles. The Labute approximate surface area is 64.0 Å². The van der Waals surface area contributed by atoms with Crippen molar-refractivity contribution in [2.75, 3.05) is 40.8 Å². The molecule has 1 unspecified atom stereocenters. The van der Waals surface area contributed by atoms with Crippen LogP contribution in [0.2, 0.25) is 0 Å². The summed E-state index contributed by atoms with van der Waals surface area (Å²) in [5.74, 6) is 0. The van der Waals surface area contributed by atoms with E-state index in [0.717, 1.165) is 6.04 Å². The SMILES string of the molecule is CC1CN(C)CC[N+]1(C)C. The van der Waals surface area contributed by atoms with Gasteiger partial charge in [-0.1, -0.05) is 0 Å². The predicted octanol–water partition coefficient (Wildman–Crippen LogP) is 0.397. The summed E-state index contributed by atoms with van der Waals surface area (Å²) >= 11 is 0. The van der Waals surface area contributed by atoms with E-state index in [-0.39, 0.29) is 0 Å². The molecule has 1 aliphatic rings. The second kappa shape index (κ2) is 2.51. The van der Waals surface area contributed by atoms with Gasteiger partial charge in [0.25, 0.3) is 0 Å². The van der Waals surface area contributed by atoms with E-state index in [9.17, 15) is 0 Å². The third-order valence-corrected chi connectivity index (χ3v) is 2.83. The van der Waals surface area contributed by atoms with E-state index < -0.39 is 0 Å². The molecule has 0 spiro atoms. The van der Waals surface area contributed by atoms with Crippen LogP contribution in [0.3, 0.4) is 0 Å². The van der Waals surface area contributed by atoms with Crippen LogP contribution in [0, 0.1) is 0 Å². The van der Waals surface area contributed by atoms with Crippen molar-refractivity contribution in [1.29, 1.82) is 0 Å². The fraction of sp³-hybridized carbons (Fsp3) is 1.00. The Morgan fingerprint density at radius 3 is 2.40 bits per heavy atom. The number of hydrogen-bond acceptors (Lipinski definition) is 1. The van der Waals surface area contributed by atoms with Crippen LogP contribution in [0.25, 0.3) is 0 Å². The lowest BCUT2D eigenvalue weighted by molar-refractivity contribution is -0.917. The maximum absolute atomic E-state index is 2.41. The molecule has 60 valence electrons. The van der Waals surface area contributed by atoms with Gasteiger partial charge in [0.15, 0.2) is 0 Å². The van der Waals surface area contributed by atoms with E-state index in [0.29, 0.717) is 0 Å². The van der Waals surface area contributed by atoms with E-state index >= 15 is 0 Å². The number of rotatable bonds is 0. The first kappa shape index (κ1) is 8.02. The highest BCUT2D eigenvalue weighted by molar-refractivity contribution is 4.64. The third-order valence-electron chi connectivity index (χ3n) is 2.83. The third kappa shape index (κ3) is 1.50. The van der Waals surface area contributed by atoms with Crippen molar-refractivity contribution in [2.45, 2.75) is 13.0 Å². The van der Waals surface area contributed by atoms with Gasteiger partial charge in [0, 0.05) is 6.54 Å². The maximum atomic E-state index is 2.41. The van der Waals surface area contributed by atoms with E-state index in [2.05, 4.69) is 33.0 Å². The molecular formula is C8H19N2+. The molecule has 0 N–H and O–H groups in total. The van der Waals surface area contributed by atoms with Crippen LogP contribution in [0.4, 0.5) is 0 Å². The largest absolute Gasteiger partial charge is 0.324 e. The highest BCUT2D eigenvalue weighted by Gasteiger charge is 2.29. The smallest absolute Gasteiger partial charge is 0.0986 e. The summed E-state index contributed by atoms with van der Waals surface area (Å²) in [7, 11) is 6.84. The minimum atomic E-state index is 0.791. The van der Waals surface area contributed by atoms with Gasteiger partial charge in [0.2, 0.25) is 0 Å². The molecule has 0 amide bonds. The van der Waals surface area contributed by atoms with E-state index in [1.807, 2.05) is 0 Å². The average molecular weight is 143 g/mol. The van der Waals surface area contributed by atoms with Gasteiger partial charge in [-0.3, -0.25) is 4.90 Å². The molecule has 2 nitrogen and oxygen atoms in total. The fourth-order valence-corrected chi connectivity index (χ4v) is 1.41. The molecule has 0 bridgehead atoms. The molecule has 1 rings (SSSR count). The summed E-state index contributed by atoms with van der Waals surface area (Å²) in [6, 6.07) is 0.791. The number of nitrogens with zero attached hydrogens (tertiary/aromatic N) is 2. The lowest BCUT2D eigenvalue weighted by atomic mass is 10.2. The molecule has 1 atom stereocenters. The lowest BCUT2D eigenvalue weighted by Gasteiger charge is -2.43.